The van der Waals surface area contributed by atoms with E-state index in [9.17, 15) is 0 Å². The van der Waals surface area contributed by atoms with Gasteiger partial charge in [-0.25, -0.2) is 0 Å². The summed E-state index contributed by atoms with van der Waals surface area (Å²) in [6.07, 6.45) is 0. The van der Waals surface area contributed by atoms with E-state index in [1.54, 1.807) is 0 Å². The normalized spacial score (nSPS) is 12.5. The van der Waals surface area contributed by atoms with Crippen molar-refractivity contribution in [1.29, 1.82) is 0 Å². The van der Waals surface area contributed by atoms with Crippen LogP contribution < -0.4 is 4.74 Å². The van der Waals surface area contributed by atoms with E-state index in [0.29, 0.717) is 0 Å². The lowest BCUT2D eigenvalue weighted by atomic mass is 9.93. The fourth-order valence-corrected chi connectivity index (χ4v) is 3.91. The molecule has 4 aromatic carbocycles. The van der Waals surface area contributed by atoms with Crippen LogP contribution in [0.15, 0.2) is 72.8 Å². The molecule has 1 aliphatic heterocycles. The van der Waals surface area contributed by atoms with Crippen molar-refractivity contribution in [3.05, 3.63) is 72.8 Å². The highest BCUT2D eigenvalue weighted by Gasteiger charge is 2.21. The Morgan fingerprint density at radius 3 is 2.46 bits per heavy atom. The molecule has 6 rings (SSSR count). The minimum atomic E-state index is 0.917. The van der Waals surface area contributed by atoms with Crippen molar-refractivity contribution in [1.82, 2.24) is 4.98 Å². The van der Waals surface area contributed by atoms with Crippen LogP contribution in [0.5, 0.6) is 11.5 Å². The zero-order valence-corrected chi connectivity index (χ0v) is 12.8. The standard InChI is InChI=1S/C22H13NO/c1-2-9-18-14(7-1)16-11-17-15-8-3-5-13-6-4-10-20(22(13)15)24-21(17)12-19(16)23-18/h1-12,23H. The molecule has 24 heavy (non-hydrogen) atoms. The Bertz CT molecular complexity index is 1270. The second-order valence-corrected chi connectivity index (χ2v) is 6.33. The van der Waals surface area contributed by atoms with Crippen molar-refractivity contribution in [2.75, 3.05) is 0 Å². The van der Waals surface area contributed by atoms with Crippen molar-refractivity contribution in [3.8, 4) is 22.6 Å². The number of hydrogen-bond donors (Lipinski definition) is 1. The maximum Gasteiger partial charge on any atom is 0.137 e. The number of ether oxygens (including phenoxy) is 1. The van der Waals surface area contributed by atoms with Gasteiger partial charge in [0.25, 0.3) is 0 Å². The van der Waals surface area contributed by atoms with Crippen LogP contribution in [0.4, 0.5) is 0 Å². The van der Waals surface area contributed by atoms with E-state index in [-0.39, 0.29) is 0 Å². The first kappa shape index (κ1) is 12.2. The van der Waals surface area contributed by atoms with Crippen LogP contribution in [0.1, 0.15) is 0 Å². The number of fused-ring (bicyclic) bond motifs is 5. The van der Waals surface area contributed by atoms with Crippen molar-refractivity contribution < 1.29 is 4.74 Å². The Hall–Kier alpha value is -3.26. The average Bonchev–Trinajstić information content (AvgIpc) is 2.98. The number of rotatable bonds is 0. The lowest BCUT2D eigenvalue weighted by Gasteiger charge is -2.21. The summed E-state index contributed by atoms with van der Waals surface area (Å²) in [4.78, 5) is 3.50. The van der Waals surface area contributed by atoms with Crippen LogP contribution in [-0.4, -0.2) is 4.98 Å². The predicted octanol–water partition coefficient (Wildman–Crippen LogP) is 6.25. The molecule has 0 saturated carbocycles. The van der Waals surface area contributed by atoms with Gasteiger partial charge in [-0.3, -0.25) is 0 Å². The molecule has 0 saturated heterocycles. The molecule has 0 radical (unpaired) electrons. The number of H-pyrrole nitrogens is 1. The van der Waals surface area contributed by atoms with Crippen LogP contribution >= 0.6 is 0 Å². The van der Waals surface area contributed by atoms with Crippen molar-refractivity contribution in [3.63, 3.8) is 0 Å². The van der Waals surface area contributed by atoms with Crippen molar-refractivity contribution >= 4 is 32.6 Å². The van der Waals surface area contributed by atoms with Crippen LogP contribution in [0.2, 0.25) is 0 Å². The maximum absolute atomic E-state index is 6.23. The summed E-state index contributed by atoms with van der Waals surface area (Å²) >= 11 is 0. The van der Waals surface area contributed by atoms with Gasteiger partial charge in [-0.1, -0.05) is 48.5 Å². The van der Waals surface area contributed by atoms with E-state index in [4.69, 9.17) is 4.74 Å². The topological polar surface area (TPSA) is 25.0 Å². The monoisotopic (exact) mass is 307 g/mol. The molecule has 0 spiro atoms. The van der Waals surface area contributed by atoms with Crippen molar-refractivity contribution in [2.24, 2.45) is 0 Å². The largest absolute Gasteiger partial charge is 0.456 e. The van der Waals surface area contributed by atoms with Gasteiger partial charge in [0.2, 0.25) is 0 Å². The van der Waals surface area contributed by atoms with Gasteiger partial charge < -0.3 is 9.72 Å². The zero-order valence-electron chi connectivity index (χ0n) is 12.8. The lowest BCUT2D eigenvalue weighted by Crippen LogP contribution is -1.96. The quantitative estimate of drug-likeness (QED) is 0.352. The minimum absolute atomic E-state index is 0.917. The van der Waals surface area contributed by atoms with E-state index in [2.05, 4.69) is 65.6 Å². The fraction of sp³-hybridized carbons (Fsp3) is 0. The summed E-state index contributed by atoms with van der Waals surface area (Å²) < 4.78 is 6.23. The summed E-state index contributed by atoms with van der Waals surface area (Å²) in [5.41, 5.74) is 4.68. The Morgan fingerprint density at radius 1 is 0.625 bits per heavy atom. The van der Waals surface area contributed by atoms with E-state index in [1.807, 2.05) is 12.1 Å². The van der Waals surface area contributed by atoms with Gasteiger partial charge in [0.05, 0.1) is 5.52 Å². The average molecular weight is 307 g/mol. The third-order valence-electron chi connectivity index (χ3n) is 4.98. The molecule has 1 N–H and O–H groups in total. The second-order valence-electron chi connectivity index (χ2n) is 6.33. The summed E-state index contributed by atoms with van der Waals surface area (Å²) in [7, 11) is 0. The van der Waals surface area contributed by atoms with E-state index < -0.39 is 0 Å². The zero-order chi connectivity index (χ0) is 15.7. The number of nitrogens with one attached hydrogen (secondary N) is 1. The van der Waals surface area contributed by atoms with E-state index in [1.165, 1.54) is 27.1 Å². The molecule has 0 atom stereocenters. The Morgan fingerprint density at radius 2 is 1.50 bits per heavy atom. The predicted molar refractivity (Wildman–Crippen MR) is 98.8 cm³/mol. The molecular weight excluding hydrogens is 294 g/mol. The molecular formula is C22H13NO. The molecule has 2 nitrogen and oxygen atoms in total. The highest BCUT2D eigenvalue weighted by atomic mass is 16.5. The molecule has 5 aromatic rings. The van der Waals surface area contributed by atoms with E-state index in [0.717, 1.165) is 28.1 Å². The number of aromatic amines is 1. The third-order valence-corrected chi connectivity index (χ3v) is 4.98. The summed E-state index contributed by atoms with van der Waals surface area (Å²) in [6.45, 7) is 0. The molecule has 0 aliphatic carbocycles. The number of benzene rings is 4. The molecule has 112 valence electrons. The summed E-state index contributed by atoms with van der Waals surface area (Å²) in [6, 6.07) is 25.5. The van der Waals surface area contributed by atoms with Gasteiger partial charge in [0, 0.05) is 33.3 Å². The van der Waals surface area contributed by atoms with Crippen LogP contribution in [0.25, 0.3) is 43.7 Å². The molecule has 0 unspecified atom stereocenters. The Kier molecular flexibility index (Phi) is 2.12. The minimum Gasteiger partial charge on any atom is -0.456 e. The second kappa shape index (κ2) is 4.18. The molecule has 1 aromatic heterocycles. The lowest BCUT2D eigenvalue weighted by molar-refractivity contribution is 0.487. The van der Waals surface area contributed by atoms with Crippen LogP contribution in [-0.2, 0) is 0 Å². The summed E-state index contributed by atoms with van der Waals surface area (Å²) in [5.74, 6) is 1.85. The molecule has 1 aliphatic rings. The number of aromatic nitrogens is 1. The van der Waals surface area contributed by atoms with Gasteiger partial charge in [0.1, 0.15) is 11.5 Å². The van der Waals surface area contributed by atoms with Crippen LogP contribution in [0.3, 0.4) is 0 Å². The first-order chi connectivity index (χ1) is 11.9. The van der Waals surface area contributed by atoms with Gasteiger partial charge in [-0.15, -0.1) is 0 Å². The fourth-order valence-electron chi connectivity index (χ4n) is 3.91. The highest BCUT2D eigenvalue weighted by Crippen LogP contribution is 2.48. The van der Waals surface area contributed by atoms with Crippen LogP contribution in [0, 0.1) is 0 Å². The molecule has 0 amide bonds. The first-order valence-electron chi connectivity index (χ1n) is 8.13. The smallest absolute Gasteiger partial charge is 0.137 e. The van der Waals surface area contributed by atoms with Gasteiger partial charge in [0.15, 0.2) is 0 Å². The molecule has 0 fully saturated rings. The number of para-hydroxylation sites is 1. The maximum atomic E-state index is 6.23. The van der Waals surface area contributed by atoms with Gasteiger partial charge in [-0.05, 0) is 29.1 Å². The highest BCUT2D eigenvalue weighted by molar-refractivity contribution is 6.12. The summed E-state index contributed by atoms with van der Waals surface area (Å²) in [5, 5.41) is 4.91. The van der Waals surface area contributed by atoms with Gasteiger partial charge >= 0.3 is 0 Å². The first-order valence-corrected chi connectivity index (χ1v) is 8.13. The van der Waals surface area contributed by atoms with Crippen molar-refractivity contribution in [2.45, 2.75) is 0 Å². The molecule has 2 heteroatoms. The molecule has 2 heterocycles. The molecule has 0 bridgehead atoms. The van der Waals surface area contributed by atoms with Gasteiger partial charge in [-0.2, -0.15) is 0 Å². The Labute approximate surface area is 138 Å². The Balaban J connectivity index is 1.78. The SMILES string of the molecule is c1cc2c3c(cccc3c1)-c1cc3c(cc1O2)[nH]c1ccccc13. The van der Waals surface area contributed by atoms with E-state index >= 15 is 0 Å². The third kappa shape index (κ3) is 1.45. The number of hydrogen-bond acceptors (Lipinski definition) is 1.